The smallest absolute Gasteiger partial charge is 0.328 e. The van der Waals surface area contributed by atoms with Crippen molar-refractivity contribution in [1.82, 2.24) is 5.32 Å². The molecule has 6 heteroatoms. The Balaban J connectivity index is 2.73. The van der Waals surface area contributed by atoms with Crippen LogP contribution in [0.1, 0.15) is 26.3 Å². The van der Waals surface area contributed by atoms with Gasteiger partial charge in [0.05, 0.1) is 0 Å². The molecule has 0 aromatic heterocycles. The summed E-state index contributed by atoms with van der Waals surface area (Å²) in [7, 11) is 0. The molecule has 0 spiro atoms. The minimum atomic E-state index is -1.30. The lowest BCUT2D eigenvalue weighted by Crippen LogP contribution is -2.51. The molecule has 1 atom stereocenters. The Hall–Kier alpha value is -1.26. The number of carboxylic acids is 1. The van der Waals surface area contributed by atoms with Crippen LogP contribution in [-0.4, -0.2) is 22.5 Å². The number of aliphatic carboxylic acids is 1. The van der Waals surface area contributed by atoms with Crippen molar-refractivity contribution in [3.05, 3.63) is 33.8 Å². The van der Waals surface area contributed by atoms with Gasteiger partial charge in [-0.05, 0) is 38.0 Å². The highest BCUT2D eigenvalue weighted by atomic mass is 35.5. The van der Waals surface area contributed by atoms with Crippen LogP contribution in [0.3, 0.4) is 0 Å². The van der Waals surface area contributed by atoms with Crippen LogP contribution in [0.4, 0.5) is 0 Å². The van der Waals surface area contributed by atoms with Crippen LogP contribution in [0.5, 0.6) is 0 Å². The fraction of sp³-hybridized carbons (Fsp3) is 0.429. The van der Waals surface area contributed by atoms with Gasteiger partial charge in [0, 0.05) is 16.0 Å². The van der Waals surface area contributed by atoms with E-state index in [1.54, 1.807) is 25.1 Å². The minimum absolute atomic E-state index is 0.330. The summed E-state index contributed by atoms with van der Waals surface area (Å²) in [6.45, 7) is 4.60. The van der Waals surface area contributed by atoms with E-state index in [0.717, 1.165) is 5.56 Å². The van der Waals surface area contributed by atoms with Crippen molar-refractivity contribution >= 4 is 35.1 Å². The molecule has 1 aromatic rings. The Morgan fingerprint density at radius 3 is 2.45 bits per heavy atom. The topological polar surface area (TPSA) is 66.4 Å². The van der Waals surface area contributed by atoms with E-state index in [-0.39, 0.29) is 5.91 Å². The number of hydrogen-bond acceptors (Lipinski definition) is 2. The average molecular weight is 318 g/mol. The third kappa shape index (κ3) is 4.39. The molecular formula is C14H17Cl2NO3. The SMILES string of the molecule is CC(Cc1ccc(Cl)cc1Cl)C(=O)NC(C)(C)C(=O)O. The van der Waals surface area contributed by atoms with E-state index in [4.69, 9.17) is 28.3 Å². The molecular weight excluding hydrogens is 301 g/mol. The van der Waals surface area contributed by atoms with Crippen molar-refractivity contribution in [1.29, 1.82) is 0 Å². The summed E-state index contributed by atoms with van der Waals surface area (Å²) in [5.74, 6) is -1.81. The van der Waals surface area contributed by atoms with Gasteiger partial charge in [0.2, 0.25) is 5.91 Å². The molecule has 0 radical (unpaired) electrons. The molecule has 0 aliphatic heterocycles. The Morgan fingerprint density at radius 2 is 1.95 bits per heavy atom. The molecule has 1 amide bonds. The summed E-state index contributed by atoms with van der Waals surface area (Å²) in [6, 6.07) is 5.08. The van der Waals surface area contributed by atoms with Crippen LogP contribution in [0.15, 0.2) is 18.2 Å². The number of halogens is 2. The molecule has 4 nitrogen and oxygen atoms in total. The summed E-state index contributed by atoms with van der Waals surface area (Å²) < 4.78 is 0. The van der Waals surface area contributed by atoms with Crippen molar-refractivity contribution in [2.75, 3.05) is 0 Å². The Labute approximate surface area is 128 Å². The predicted molar refractivity (Wildman–Crippen MR) is 79.2 cm³/mol. The second kappa shape index (κ2) is 6.46. The maximum atomic E-state index is 12.0. The zero-order valence-corrected chi connectivity index (χ0v) is 13.0. The standard InChI is InChI=1S/C14H17Cl2NO3/c1-8(12(18)17-14(2,3)13(19)20)6-9-4-5-10(15)7-11(9)16/h4-5,7-8H,6H2,1-3H3,(H,17,18)(H,19,20). The molecule has 20 heavy (non-hydrogen) atoms. The van der Waals surface area contributed by atoms with Crippen LogP contribution in [-0.2, 0) is 16.0 Å². The van der Waals surface area contributed by atoms with E-state index in [2.05, 4.69) is 5.32 Å². The molecule has 0 aliphatic carbocycles. The van der Waals surface area contributed by atoms with Gasteiger partial charge in [-0.3, -0.25) is 4.79 Å². The lowest BCUT2D eigenvalue weighted by Gasteiger charge is -2.23. The van der Waals surface area contributed by atoms with Gasteiger partial charge in [-0.1, -0.05) is 36.2 Å². The molecule has 1 aromatic carbocycles. The number of carbonyl (C=O) groups is 2. The molecule has 0 saturated heterocycles. The fourth-order valence-corrected chi connectivity index (χ4v) is 2.08. The van der Waals surface area contributed by atoms with Gasteiger partial charge in [-0.15, -0.1) is 0 Å². The number of rotatable bonds is 5. The second-order valence-corrected chi connectivity index (χ2v) is 6.10. The molecule has 1 rings (SSSR count). The van der Waals surface area contributed by atoms with Gasteiger partial charge in [0.15, 0.2) is 0 Å². The highest BCUT2D eigenvalue weighted by molar-refractivity contribution is 6.35. The number of nitrogens with one attached hydrogen (secondary N) is 1. The summed E-state index contributed by atoms with van der Waals surface area (Å²) in [6.07, 6.45) is 0.414. The first-order valence-corrected chi connectivity index (χ1v) is 6.88. The monoisotopic (exact) mass is 317 g/mol. The first-order chi connectivity index (χ1) is 9.13. The van der Waals surface area contributed by atoms with Gasteiger partial charge < -0.3 is 10.4 Å². The van der Waals surface area contributed by atoms with Gasteiger partial charge in [-0.25, -0.2) is 4.79 Å². The summed E-state index contributed by atoms with van der Waals surface area (Å²) in [5.41, 5.74) is -0.498. The van der Waals surface area contributed by atoms with Gasteiger partial charge in [0.1, 0.15) is 5.54 Å². The first kappa shape index (κ1) is 16.8. The van der Waals surface area contributed by atoms with Crippen molar-refractivity contribution in [2.45, 2.75) is 32.7 Å². The number of benzene rings is 1. The van der Waals surface area contributed by atoms with Crippen molar-refractivity contribution < 1.29 is 14.7 Å². The largest absolute Gasteiger partial charge is 0.480 e. The molecule has 1 unspecified atom stereocenters. The van der Waals surface area contributed by atoms with E-state index in [1.807, 2.05) is 0 Å². The number of hydrogen-bond donors (Lipinski definition) is 2. The average Bonchev–Trinajstić information content (AvgIpc) is 2.31. The van der Waals surface area contributed by atoms with Gasteiger partial charge >= 0.3 is 5.97 Å². The lowest BCUT2D eigenvalue weighted by atomic mass is 9.98. The van der Waals surface area contributed by atoms with Crippen LogP contribution in [0.2, 0.25) is 10.0 Å². The molecule has 0 saturated carbocycles. The molecule has 2 N–H and O–H groups in total. The van der Waals surface area contributed by atoms with Crippen molar-refractivity contribution in [2.24, 2.45) is 5.92 Å². The summed E-state index contributed by atoms with van der Waals surface area (Å²) in [4.78, 5) is 23.0. The maximum Gasteiger partial charge on any atom is 0.328 e. The molecule has 110 valence electrons. The minimum Gasteiger partial charge on any atom is -0.480 e. The normalized spacial score (nSPS) is 12.8. The van der Waals surface area contributed by atoms with Crippen LogP contribution < -0.4 is 5.32 Å². The van der Waals surface area contributed by atoms with Gasteiger partial charge in [0.25, 0.3) is 0 Å². The van der Waals surface area contributed by atoms with E-state index in [0.29, 0.717) is 16.5 Å². The van der Waals surface area contributed by atoms with E-state index < -0.39 is 17.4 Å². The van der Waals surface area contributed by atoms with Crippen LogP contribution >= 0.6 is 23.2 Å². The number of carbonyl (C=O) groups excluding carboxylic acids is 1. The number of amides is 1. The molecule has 0 heterocycles. The van der Waals surface area contributed by atoms with Gasteiger partial charge in [-0.2, -0.15) is 0 Å². The van der Waals surface area contributed by atoms with Crippen LogP contribution in [0, 0.1) is 5.92 Å². The highest BCUT2D eigenvalue weighted by Gasteiger charge is 2.30. The predicted octanol–water partition coefficient (Wildman–Crippen LogP) is 3.15. The Morgan fingerprint density at radius 1 is 1.35 bits per heavy atom. The van der Waals surface area contributed by atoms with Crippen molar-refractivity contribution in [3.63, 3.8) is 0 Å². The zero-order valence-electron chi connectivity index (χ0n) is 11.5. The highest BCUT2D eigenvalue weighted by Crippen LogP contribution is 2.23. The summed E-state index contributed by atoms with van der Waals surface area (Å²) >= 11 is 11.9. The van der Waals surface area contributed by atoms with Crippen LogP contribution in [0.25, 0.3) is 0 Å². The molecule has 0 aliphatic rings. The fourth-order valence-electron chi connectivity index (χ4n) is 1.59. The third-order valence-electron chi connectivity index (χ3n) is 2.96. The lowest BCUT2D eigenvalue weighted by molar-refractivity contribution is -0.146. The molecule has 0 fully saturated rings. The van der Waals surface area contributed by atoms with E-state index in [9.17, 15) is 9.59 Å². The zero-order chi connectivity index (χ0) is 15.5. The number of carboxylic acid groups (broad SMARTS) is 1. The summed E-state index contributed by atoms with van der Waals surface area (Å²) in [5, 5.41) is 12.5. The maximum absolute atomic E-state index is 12.0. The second-order valence-electron chi connectivity index (χ2n) is 5.26. The third-order valence-corrected chi connectivity index (χ3v) is 3.55. The Kier molecular flexibility index (Phi) is 5.42. The first-order valence-electron chi connectivity index (χ1n) is 6.13. The molecule has 0 bridgehead atoms. The van der Waals surface area contributed by atoms with E-state index >= 15 is 0 Å². The quantitative estimate of drug-likeness (QED) is 0.876. The van der Waals surface area contributed by atoms with Crippen molar-refractivity contribution in [3.8, 4) is 0 Å². The Bertz CT molecular complexity index is 529. The van der Waals surface area contributed by atoms with E-state index in [1.165, 1.54) is 13.8 Å².